The largest absolute Gasteiger partial charge is 0.472 e. The van der Waals surface area contributed by atoms with Gasteiger partial charge in [-0.15, -0.1) is 0 Å². The van der Waals surface area contributed by atoms with Gasteiger partial charge >= 0.3 is 11.9 Å². The number of amides is 2. The van der Waals surface area contributed by atoms with E-state index in [1.165, 1.54) is 19.4 Å². The Labute approximate surface area is 324 Å². The average molecular weight is 749 g/mol. The predicted molar refractivity (Wildman–Crippen MR) is 208 cm³/mol. The fourth-order valence-electron chi connectivity index (χ4n) is 13.2. The lowest BCUT2D eigenvalue weighted by Crippen LogP contribution is -2.68. The summed E-state index contributed by atoms with van der Waals surface area (Å²) < 4.78 is 17.5. The van der Waals surface area contributed by atoms with Crippen molar-refractivity contribution in [1.29, 1.82) is 0 Å². The monoisotopic (exact) mass is 749 g/mol. The van der Waals surface area contributed by atoms with Crippen LogP contribution < -0.4 is 5.32 Å². The van der Waals surface area contributed by atoms with E-state index in [9.17, 15) is 14.4 Å². The molecule has 9 nitrogen and oxygen atoms in total. The van der Waals surface area contributed by atoms with Crippen LogP contribution in [0.25, 0.3) is 0 Å². The van der Waals surface area contributed by atoms with Crippen molar-refractivity contribution in [2.75, 3.05) is 6.54 Å². The van der Waals surface area contributed by atoms with Crippen molar-refractivity contribution >= 4 is 23.8 Å². The zero-order chi connectivity index (χ0) is 39.9. The minimum atomic E-state index is -0.596. The summed E-state index contributed by atoms with van der Waals surface area (Å²) in [7, 11) is 0. The first-order valence-electron chi connectivity index (χ1n) is 20.6. The maximum Gasteiger partial charge on any atom is 0.303 e. The minimum absolute atomic E-state index is 0.00260. The number of esters is 2. The van der Waals surface area contributed by atoms with Gasteiger partial charge in [-0.05, 0) is 124 Å². The summed E-state index contributed by atoms with van der Waals surface area (Å²) in [5.74, 6) is -0.108. The minimum Gasteiger partial charge on any atom is -0.472 e. The van der Waals surface area contributed by atoms with Crippen LogP contribution in [-0.4, -0.2) is 52.9 Å². The fourth-order valence-corrected chi connectivity index (χ4v) is 13.2. The van der Waals surface area contributed by atoms with E-state index in [1.54, 1.807) is 17.4 Å². The number of nitrogens with zero attached hydrogens (tertiary/aromatic N) is 1. The van der Waals surface area contributed by atoms with Gasteiger partial charge in [0.2, 0.25) is 11.8 Å². The van der Waals surface area contributed by atoms with Crippen molar-refractivity contribution < 1.29 is 33.1 Å². The molecule has 6 rings (SSSR count). The molecule has 1 N–H and O–H groups in total. The predicted octanol–water partition coefficient (Wildman–Crippen LogP) is 8.80. The van der Waals surface area contributed by atoms with Crippen molar-refractivity contribution in [3.8, 4) is 0 Å². The van der Waals surface area contributed by atoms with E-state index in [2.05, 4.69) is 59.9 Å². The van der Waals surface area contributed by atoms with E-state index >= 15 is 4.79 Å². The van der Waals surface area contributed by atoms with Crippen molar-refractivity contribution in [3.05, 3.63) is 35.8 Å². The molecule has 5 aliphatic rings. The molecule has 0 bridgehead atoms. The second-order valence-corrected chi connectivity index (χ2v) is 21.2. The molecule has 0 aliphatic heterocycles. The standard InChI is InChI=1S/C45H68N2O7/c1-28(48)53-33-24-42(10)34(41(8,9)37(33)54-29(2)49)15-17-44(12)35(42)14-13-31-32-23-40(6,7)18-20-45(32,21-19-43(31,44)11)38(51)47(25-30-16-22-52-27-30)26-36(50)46-39(3,4)5/h13,16,22,27,32-35,37H,14-15,17-21,23-26H2,1-12H3,(H,46,50)/t32-,33+,34-,35+,37-,42-,43+,44+,45-/m0/s1. The summed E-state index contributed by atoms with van der Waals surface area (Å²) >= 11 is 0. The van der Waals surface area contributed by atoms with Crippen molar-refractivity contribution in [3.63, 3.8) is 0 Å². The lowest BCUT2D eigenvalue weighted by atomic mass is 9.33. The number of hydrogen-bond donors (Lipinski definition) is 1. The van der Waals surface area contributed by atoms with E-state index < -0.39 is 28.6 Å². The smallest absolute Gasteiger partial charge is 0.303 e. The molecular weight excluding hydrogens is 681 g/mol. The van der Waals surface area contributed by atoms with E-state index in [0.29, 0.717) is 18.9 Å². The fraction of sp³-hybridized carbons (Fsp3) is 0.778. The number of nitrogens with one attached hydrogen (secondary N) is 1. The third-order valence-corrected chi connectivity index (χ3v) is 15.6. The summed E-state index contributed by atoms with van der Waals surface area (Å²) in [5.41, 5.74) is 0.624. The molecule has 9 heteroatoms. The van der Waals surface area contributed by atoms with E-state index in [1.807, 2.05) is 26.8 Å². The first-order valence-corrected chi connectivity index (χ1v) is 20.6. The molecule has 0 aromatic carbocycles. The highest BCUT2D eigenvalue weighted by Crippen LogP contribution is 2.76. The number of fused-ring (bicyclic) bond motifs is 7. The number of carbonyl (C=O) groups is 4. The van der Waals surface area contributed by atoms with Gasteiger partial charge in [0.1, 0.15) is 12.2 Å². The van der Waals surface area contributed by atoms with Crippen LogP contribution in [0.2, 0.25) is 0 Å². The van der Waals surface area contributed by atoms with Crippen LogP contribution in [0.4, 0.5) is 0 Å². The molecular formula is C45H68N2O7. The number of hydrogen-bond acceptors (Lipinski definition) is 7. The third-order valence-electron chi connectivity index (χ3n) is 15.6. The Hall–Kier alpha value is -3.10. The van der Waals surface area contributed by atoms with Gasteiger partial charge in [-0.3, -0.25) is 19.2 Å². The van der Waals surface area contributed by atoms with E-state index in [-0.39, 0.29) is 63.8 Å². The molecule has 2 amide bonds. The van der Waals surface area contributed by atoms with Crippen molar-refractivity contribution in [2.24, 2.45) is 50.2 Å². The molecule has 0 radical (unpaired) electrons. The summed E-state index contributed by atoms with van der Waals surface area (Å²) in [4.78, 5) is 55.6. The zero-order valence-corrected chi connectivity index (χ0v) is 35.3. The Morgan fingerprint density at radius 3 is 2.17 bits per heavy atom. The third kappa shape index (κ3) is 6.75. The van der Waals surface area contributed by atoms with Crippen LogP contribution in [0.5, 0.6) is 0 Å². The average Bonchev–Trinajstić information content (AvgIpc) is 3.54. The summed E-state index contributed by atoms with van der Waals surface area (Å²) in [6.07, 6.45) is 12.8. The van der Waals surface area contributed by atoms with Crippen LogP contribution in [-0.2, 0) is 35.2 Å². The number of ether oxygens (including phenoxy) is 2. The number of rotatable bonds is 7. The summed E-state index contributed by atoms with van der Waals surface area (Å²) in [6, 6.07) is 1.88. The molecule has 4 saturated carbocycles. The van der Waals surface area contributed by atoms with Gasteiger partial charge in [0.15, 0.2) is 0 Å². The lowest BCUT2D eigenvalue weighted by Gasteiger charge is -2.71. The Balaban J connectivity index is 1.40. The second-order valence-electron chi connectivity index (χ2n) is 21.2. The quantitative estimate of drug-likeness (QED) is 0.219. The van der Waals surface area contributed by atoms with Crippen molar-refractivity contribution in [2.45, 2.75) is 165 Å². The molecule has 4 fully saturated rings. The molecule has 1 heterocycles. The van der Waals surface area contributed by atoms with Crippen LogP contribution in [0.3, 0.4) is 0 Å². The molecule has 300 valence electrons. The SMILES string of the molecule is CC(=O)O[C@@H]1C[C@]2(C)[C@H]3CC=C4[C@@H]5CC(C)(C)CC[C@]5(C(=O)N(CC(=O)NC(C)(C)C)Cc5ccoc5)CC[C@@]4(C)[C@]3(C)CC[C@H]2C(C)(C)[C@H]1OC(C)=O. The Kier molecular flexibility index (Phi) is 10.2. The van der Waals surface area contributed by atoms with Crippen LogP contribution >= 0.6 is 0 Å². The molecule has 1 aromatic heterocycles. The Bertz CT molecular complexity index is 1670. The molecule has 0 unspecified atom stereocenters. The van der Waals surface area contributed by atoms with Crippen LogP contribution in [0.15, 0.2) is 34.7 Å². The maximum atomic E-state index is 15.4. The number of furan rings is 1. The highest BCUT2D eigenvalue weighted by Gasteiger charge is 2.71. The van der Waals surface area contributed by atoms with E-state index in [0.717, 1.165) is 56.9 Å². The molecule has 0 saturated heterocycles. The molecule has 1 aromatic rings. The van der Waals surface area contributed by atoms with Crippen LogP contribution in [0, 0.1) is 50.2 Å². The van der Waals surface area contributed by atoms with Gasteiger partial charge < -0.3 is 24.1 Å². The first kappa shape index (κ1) is 40.6. The highest BCUT2D eigenvalue weighted by molar-refractivity contribution is 5.89. The van der Waals surface area contributed by atoms with E-state index in [4.69, 9.17) is 13.9 Å². The summed E-state index contributed by atoms with van der Waals surface area (Å²) in [5, 5.41) is 3.09. The Morgan fingerprint density at radius 1 is 0.889 bits per heavy atom. The number of allylic oxidation sites excluding steroid dienone is 2. The van der Waals surface area contributed by atoms with Gasteiger partial charge in [0.25, 0.3) is 0 Å². The summed E-state index contributed by atoms with van der Waals surface area (Å²) in [6.45, 7) is 25.7. The molecule has 5 aliphatic carbocycles. The lowest BCUT2D eigenvalue weighted by molar-refractivity contribution is -0.244. The van der Waals surface area contributed by atoms with Gasteiger partial charge in [-0.25, -0.2) is 0 Å². The van der Waals surface area contributed by atoms with Gasteiger partial charge in [0.05, 0.1) is 24.5 Å². The van der Waals surface area contributed by atoms with Gasteiger partial charge in [-0.1, -0.05) is 60.1 Å². The molecule has 0 spiro atoms. The highest BCUT2D eigenvalue weighted by atomic mass is 16.6. The van der Waals surface area contributed by atoms with Gasteiger partial charge in [-0.2, -0.15) is 0 Å². The van der Waals surface area contributed by atoms with Crippen LogP contribution in [0.1, 0.15) is 146 Å². The second kappa shape index (κ2) is 13.5. The molecule has 54 heavy (non-hydrogen) atoms. The number of carbonyl (C=O) groups excluding carboxylic acids is 4. The zero-order valence-electron chi connectivity index (χ0n) is 35.3. The topological polar surface area (TPSA) is 115 Å². The van der Waals surface area contributed by atoms with Gasteiger partial charge in [0, 0.05) is 36.9 Å². The van der Waals surface area contributed by atoms with Crippen molar-refractivity contribution in [1.82, 2.24) is 10.2 Å². The first-order chi connectivity index (χ1) is 24.9. The Morgan fingerprint density at radius 2 is 1.56 bits per heavy atom. The molecule has 9 atom stereocenters. The normalized spacial score (nSPS) is 37.9. The maximum absolute atomic E-state index is 15.4.